The molecule has 0 aliphatic carbocycles. The SMILES string of the molecule is COc1cc(C(=O)N(Cc2ccccc2)C(C)CN2CCOCC2)ccc1C. The summed E-state index contributed by atoms with van der Waals surface area (Å²) in [5.74, 6) is 0.772. The van der Waals surface area contributed by atoms with Crippen LogP contribution in [0.1, 0.15) is 28.4 Å². The fraction of sp³-hybridized carbons (Fsp3) is 0.435. The van der Waals surface area contributed by atoms with E-state index in [-0.39, 0.29) is 11.9 Å². The summed E-state index contributed by atoms with van der Waals surface area (Å²) in [4.78, 5) is 17.8. The zero-order valence-corrected chi connectivity index (χ0v) is 17.1. The Kier molecular flexibility index (Phi) is 7.06. The lowest BCUT2D eigenvalue weighted by Gasteiger charge is -2.35. The minimum atomic E-state index is 0.0305. The van der Waals surface area contributed by atoms with E-state index in [4.69, 9.17) is 9.47 Å². The number of hydrogen-bond acceptors (Lipinski definition) is 4. The fourth-order valence-corrected chi connectivity index (χ4v) is 3.58. The lowest BCUT2D eigenvalue weighted by Crippen LogP contribution is -2.48. The van der Waals surface area contributed by atoms with E-state index in [1.54, 1.807) is 7.11 Å². The molecule has 0 bridgehead atoms. The molecule has 1 heterocycles. The number of benzene rings is 2. The van der Waals surface area contributed by atoms with E-state index in [0.29, 0.717) is 12.1 Å². The minimum Gasteiger partial charge on any atom is -0.496 e. The quantitative estimate of drug-likeness (QED) is 0.736. The predicted octanol–water partition coefficient (Wildman–Crippen LogP) is 3.37. The monoisotopic (exact) mass is 382 g/mol. The summed E-state index contributed by atoms with van der Waals surface area (Å²) in [6, 6.07) is 15.9. The van der Waals surface area contributed by atoms with Crippen LogP contribution >= 0.6 is 0 Å². The van der Waals surface area contributed by atoms with Crippen LogP contribution in [-0.2, 0) is 11.3 Å². The summed E-state index contributed by atoms with van der Waals surface area (Å²) in [6.45, 7) is 8.87. The van der Waals surface area contributed by atoms with Crippen LogP contribution in [0.3, 0.4) is 0 Å². The molecule has 28 heavy (non-hydrogen) atoms. The molecule has 5 nitrogen and oxygen atoms in total. The van der Waals surface area contributed by atoms with Gasteiger partial charge in [0.2, 0.25) is 0 Å². The molecule has 5 heteroatoms. The van der Waals surface area contributed by atoms with E-state index in [2.05, 4.69) is 24.0 Å². The number of nitrogens with zero attached hydrogens (tertiary/aromatic N) is 2. The van der Waals surface area contributed by atoms with E-state index < -0.39 is 0 Å². The fourth-order valence-electron chi connectivity index (χ4n) is 3.58. The third kappa shape index (κ3) is 5.12. The number of amides is 1. The molecule has 2 aromatic carbocycles. The number of rotatable bonds is 7. The second kappa shape index (κ2) is 9.71. The summed E-state index contributed by atoms with van der Waals surface area (Å²) in [5.41, 5.74) is 2.81. The zero-order valence-electron chi connectivity index (χ0n) is 17.1. The molecular formula is C23H30N2O3. The molecule has 1 saturated heterocycles. The molecule has 0 N–H and O–H groups in total. The van der Waals surface area contributed by atoms with E-state index >= 15 is 0 Å². The molecule has 3 rings (SSSR count). The lowest BCUT2D eigenvalue weighted by atomic mass is 10.1. The molecule has 1 aliphatic rings. The van der Waals surface area contributed by atoms with Crippen molar-refractivity contribution in [3.05, 3.63) is 65.2 Å². The first-order valence-corrected chi connectivity index (χ1v) is 9.88. The Morgan fingerprint density at radius 2 is 1.89 bits per heavy atom. The normalized spacial score (nSPS) is 15.8. The van der Waals surface area contributed by atoms with Crippen LogP contribution in [0, 0.1) is 6.92 Å². The van der Waals surface area contributed by atoms with Crippen LogP contribution in [0.15, 0.2) is 48.5 Å². The Morgan fingerprint density at radius 3 is 2.57 bits per heavy atom. The number of carbonyl (C=O) groups is 1. The third-order valence-corrected chi connectivity index (χ3v) is 5.27. The summed E-state index contributed by atoms with van der Waals surface area (Å²) >= 11 is 0. The van der Waals surface area contributed by atoms with Gasteiger partial charge in [-0.25, -0.2) is 0 Å². The first-order valence-electron chi connectivity index (χ1n) is 9.88. The molecule has 1 amide bonds. The molecule has 2 aromatic rings. The maximum Gasteiger partial charge on any atom is 0.254 e. The van der Waals surface area contributed by atoms with E-state index in [1.165, 1.54) is 0 Å². The average Bonchev–Trinajstić information content (AvgIpc) is 2.73. The van der Waals surface area contributed by atoms with Gasteiger partial charge in [-0.3, -0.25) is 9.69 Å². The number of morpholine rings is 1. The molecule has 0 spiro atoms. The number of carbonyl (C=O) groups excluding carboxylic acids is 1. The third-order valence-electron chi connectivity index (χ3n) is 5.27. The molecule has 0 aromatic heterocycles. The van der Waals surface area contributed by atoms with Crippen molar-refractivity contribution in [2.45, 2.75) is 26.4 Å². The van der Waals surface area contributed by atoms with Gasteiger partial charge in [0.1, 0.15) is 5.75 Å². The number of hydrogen-bond donors (Lipinski definition) is 0. The van der Waals surface area contributed by atoms with Gasteiger partial charge in [0, 0.05) is 37.8 Å². The Balaban J connectivity index is 1.82. The van der Waals surface area contributed by atoms with Crippen LogP contribution in [0.2, 0.25) is 0 Å². The van der Waals surface area contributed by atoms with Crippen molar-refractivity contribution in [2.24, 2.45) is 0 Å². The number of aryl methyl sites for hydroxylation is 1. The predicted molar refractivity (Wildman–Crippen MR) is 111 cm³/mol. The lowest BCUT2D eigenvalue weighted by molar-refractivity contribution is 0.0228. The van der Waals surface area contributed by atoms with Crippen LogP contribution in [0.5, 0.6) is 5.75 Å². The summed E-state index contributed by atoms with van der Waals surface area (Å²) in [7, 11) is 1.64. The van der Waals surface area contributed by atoms with E-state index in [0.717, 1.165) is 49.7 Å². The summed E-state index contributed by atoms with van der Waals surface area (Å²) in [6.07, 6.45) is 0. The van der Waals surface area contributed by atoms with Crippen molar-refractivity contribution in [2.75, 3.05) is 40.0 Å². The van der Waals surface area contributed by atoms with Crippen LogP contribution in [0.25, 0.3) is 0 Å². The van der Waals surface area contributed by atoms with Gasteiger partial charge in [-0.1, -0.05) is 36.4 Å². The molecule has 1 atom stereocenters. The summed E-state index contributed by atoms with van der Waals surface area (Å²) < 4.78 is 10.9. The molecule has 1 aliphatic heterocycles. The zero-order chi connectivity index (χ0) is 19.9. The van der Waals surface area contributed by atoms with Gasteiger partial charge >= 0.3 is 0 Å². The minimum absolute atomic E-state index is 0.0305. The second-order valence-electron chi connectivity index (χ2n) is 7.37. The first-order chi connectivity index (χ1) is 13.6. The van der Waals surface area contributed by atoms with Gasteiger partial charge in [0.05, 0.1) is 20.3 Å². The maximum absolute atomic E-state index is 13.4. The smallest absolute Gasteiger partial charge is 0.254 e. The molecule has 1 fully saturated rings. The van der Waals surface area contributed by atoms with Gasteiger partial charge < -0.3 is 14.4 Å². The largest absolute Gasteiger partial charge is 0.496 e. The van der Waals surface area contributed by atoms with E-state index in [1.807, 2.05) is 48.2 Å². The maximum atomic E-state index is 13.4. The van der Waals surface area contributed by atoms with Crippen molar-refractivity contribution in [1.82, 2.24) is 9.80 Å². The highest BCUT2D eigenvalue weighted by Crippen LogP contribution is 2.22. The van der Waals surface area contributed by atoms with Gasteiger partial charge in [-0.15, -0.1) is 0 Å². The molecule has 0 radical (unpaired) electrons. The molecular weight excluding hydrogens is 352 g/mol. The Bertz CT molecular complexity index is 773. The first kappa shape index (κ1) is 20.4. The highest BCUT2D eigenvalue weighted by atomic mass is 16.5. The van der Waals surface area contributed by atoms with Crippen molar-refractivity contribution in [1.29, 1.82) is 0 Å². The van der Waals surface area contributed by atoms with Crippen molar-refractivity contribution >= 4 is 5.91 Å². The van der Waals surface area contributed by atoms with Crippen LogP contribution in [-0.4, -0.2) is 61.7 Å². The molecule has 1 unspecified atom stereocenters. The number of methoxy groups -OCH3 is 1. The van der Waals surface area contributed by atoms with Crippen molar-refractivity contribution < 1.29 is 14.3 Å². The average molecular weight is 383 g/mol. The van der Waals surface area contributed by atoms with Gasteiger partial charge in [0.15, 0.2) is 0 Å². The highest BCUT2D eigenvalue weighted by molar-refractivity contribution is 5.95. The van der Waals surface area contributed by atoms with Crippen molar-refractivity contribution in [3.8, 4) is 5.75 Å². The van der Waals surface area contributed by atoms with E-state index in [9.17, 15) is 4.79 Å². The summed E-state index contributed by atoms with van der Waals surface area (Å²) in [5, 5.41) is 0. The van der Waals surface area contributed by atoms with Gasteiger partial charge in [-0.2, -0.15) is 0 Å². The van der Waals surface area contributed by atoms with Gasteiger partial charge in [0.25, 0.3) is 5.91 Å². The Morgan fingerprint density at radius 1 is 1.18 bits per heavy atom. The van der Waals surface area contributed by atoms with Crippen molar-refractivity contribution in [3.63, 3.8) is 0 Å². The topological polar surface area (TPSA) is 42.0 Å². The van der Waals surface area contributed by atoms with Crippen LogP contribution in [0.4, 0.5) is 0 Å². The van der Waals surface area contributed by atoms with Crippen LogP contribution < -0.4 is 4.74 Å². The van der Waals surface area contributed by atoms with Gasteiger partial charge in [-0.05, 0) is 37.1 Å². The highest BCUT2D eigenvalue weighted by Gasteiger charge is 2.25. The molecule has 150 valence electrons. The molecule has 0 saturated carbocycles. The number of ether oxygens (including phenoxy) is 2. The Hall–Kier alpha value is -2.37. The Labute approximate surface area is 167 Å². The second-order valence-corrected chi connectivity index (χ2v) is 7.37. The standard InChI is InChI=1S/C23H30N2O3/c1-18-9-10-21(15-22(18)27-3)23(26)25(17-20-7-5-4-6-8-20)19(2)16-24-11-13-28-14-12-24/h4-10,15,19H,11-14,16-17H2,1-3H3.